The summed E-state index contributed by atoms with van der Waals surface area (Å²) in [6.45, 7) is 0. The summed E-state index contributed by atoms with van der Waals surface area (Å²) in [5, 5.41) is 2.70. The van der Waals surface area contributed by atoms with Crippen molar-refractivity contribution in [2.24, 2.45) is 0 Å². The lowest BCUT2D eigenvalue weighted by Gasteiger charge is -2.11. The molecule has 0 atom stereocenters. The molecule has 1 aliphatic carbocycles. The van der Waals surface area contributed by atoms with Gasteiger partial charge in [0.25, 0.3) is 5.91 Å². The van der Waals surface area contributed by atoms with E-state index in [9.17, 15) is 13.2 Å². The molecule has 0 spiro atoms. The molecule has 0 aromatic heterocycles. The van der Waals surface area contributed by atoms with E-state index in [1.165, 1.54) is 26.4 Å². The van der Waals surface area contributed by atoms with Crippen molar-refractivity contribution in [1.82, 2.24) is 4.72 Å². The average Bonchev–Trinajstić information content (AvgIpc) is 3.44. The molecule has 0 heterocycles. The Bertz CT molecular complexity index is 901. The number of carbonyl (C=O) groups excluding carboxylic acids is 1. The van der Waals surface area contributed by atoms with E-state index in [1.807, 2.05) is 0 Å². The number of sulfonamides is 1. The minimum atomic E-state index is -3.58. The molecule has 0 saturated heterocycles. The molecule has 1 saturated carbocycles. The lowest BCUT2D eigenvalue weighted by molar-refractivity contribution is 0.102. The Balaban J connectivity index is 1.80. The van der Waals surface area contributed by atoms with Gasteiger partial charge >= 0.3 is 0 Å². The van der Waals surface area contributed by atoms with Gasteiger partial charge in [0, 0.05) is 23.4 Å². The van der Waals surface area contributed by atoms with Gasteiger partial charge in [-0.2, -0.15) is 0 Å². The van der Waals surface area contributed by atoms with Gasteiger partial charge in [0.15, 0.2) is 0 Å². The first-order valence-corrected chi connectivity index (χ1v) is 9.56. The third-order valence-electron chi connectivity index (χ3n) is 3.92. The highest BCUT2D eigenvalue weighted by atomic mass is 32.2. The van der Waals surface area contributed by atoms with Gasteiger partial charge in [-0.3, -0.25) is 4.79 Å². The summed E-state index contributed by atoms with van der Waals surface area (Å²) in [4.78, 5) is 12.6. The fraction of sp³-hybridized carbons (Fsp3) is 0.278. The van der Waals surface area contributed by atoms with Crippen LogP contribution in [0.25, 0.3) is 0 Å². The summed E-state index contributed by atoms with van der Waals surface area (Å²) in [6.07, 6.45) is 1.71. The van der Waals surface area contributed by atoms with Gasteiger partial charge in [-0.1, -0.05) is 6.07 Å². The van der Waals surface area contributed by atoms with Crippen molar-refractivity contribution in [3.05, 3.63) is 48.0 Å². The Kier molecular flexibility index (Phi) is 5.15. The minimum absolute atomic E-state index is 0.0162. The largest absolute Gasteiger partial charge is 0.497 e. The van der Waals surface area contributed by atoms with Crippen LogP contribution in [0.2, 0.25) is 0 Å². The number of carbonyl (C=O) groups is 1. The number of methoxy groups -OCH3 is 2. The maximum Gasteiger partial charge on any atom is 0.255 e. The van der Waals surface area contributed by atoms with Crippen LogP contribution >= 0.6 is 0 Å². The van der Waals surface area contributed by atoms with Crippen LogP contribution in [-0.2, 0) is 10.0 Å². The molecular weight excluding hydrogens is 356 g/mol. The maximum absolute atomic E-state index is 12.5. The molecule has 0 unspecified atom stereocenters. The number of ether oxygens (including phenoxy) is 2. The van der Waals surface area contributed by atoms with E-state index >= 15 is 0 Å². The number of anilines is 1. The Morgan fingerprint density at radius 2 is 1.69 bits per heavy atom. The standard InChI is InChI=1S/C18H20N2O5S/c1-24-15-8-12(9-16(11-15)25-2)18(21)19-14-4-3-5-17(10-14)26(22,23)20-13-6-7-13/h3-5,8-11,13,20H,6-7H2,1-2H3,(H,19,21). The van der Waals surface area contributed by atoms with E-state index in [-0.39, 0.29) is 10.9 Å². The van der Waals surface area contributed by atoms with Crippen LogP contribution in [0, 0.1) is 0 Å². The summed E-state index contributed by atoms with van der Waals surface area (Å²) >= 11 is 0. The molecule has 1 fully saturated rings. The average molecular weight is 376 g/mol. The SMILES string of the molecule is COc1cc(OC)cc(C(=O)Nc2cccc(S(=O)(=O)NC3CC3)c2)c1. The van der Waals surface area contributed by atoms with Crippen molar-refractivity contribution < 1.29 is 22.7 Å². The summed E-state index contributed by atoms with van der Waals surface area (Å²) in [5.41, 5.74) is 0.723. The van der Waals surface area contributed by atoms with Crippen molar-refractivity contribution in [2.45, 2.75) is 23.8 Å². The Hall–Kier alpha value is -2.58. The topological polar surface area (TPSA) is 93.7 Å². The zero-order chi connectivity index (χ0) is 18.7. The lowest BCUT2D eigenvalue weighted by atomic mass is 10.2. The van der Waals surface area contributed by atoms with Crippen LogP contribution in [-0.4, -0.2) is 34.6 Å². The lowest BCUT2D eigenvalue weighted by Crippen LogP contribution is -2.25. The number of hydrogen-bond acceptors (Lipinski definition) is 5. The van der Waals surface area contributed by atoms with Crippen LogP contribution in [0.3, 0.4) is 0 Å². The Labute approximate surface area is 152 Å². The monoisotopic (exact) mass is 376 g/mol. The first kappa shape index (κ1) is 18.2. The molecule has 2 N–H and O–H groups in total. The molecule has 138 valence electrons. The van der Waals surface area contributed by atoms with Gasteiger partial charge in [0.2, 0.25) is 10.0 Å². The molecule has 2 aromatic carbocycles. The summed E-state index contributed by atoms with van der Waals surface area (Å²) in [6, 6.07) is 11.0. The molecule has 3 rings (SSSR count). The van der Waals surface area contributed by atoms with E-state index in [0.29, 0.717) is 22.7 Å². The van der Waals surface area contributed by atoms with Gasteiger partial charge in [0.05, 0.1) is 19.1 Å². The van der Waals surface area contributed by atoms with E-state index in [1.54, 1.807) is 30.3 Å². The van der Waals surface area contributed by atoms with Crippen molar-refractivity contribution in [3.63, 3.8) is 0 Å². The first-order chi connectivity index (χ1) is 12.4. The third kappa shape index (κ3) is 4.33. The molecule has 7 nitrogen and oxygen atoms in total. The molecule has 8 heteroatoms. The highest BCUT2D eigenvalue weighted by molar-refractivity contribution is 7.89. The third-order valence-corrected chi connectivity index (χ3v) is 5.43. The quantitative estimate of drug-likeness (QED) is 0.774. The fourth-order valence-corrected chi connectivity index (χ4v) is 3.72. The maximum atomic E-state index is 12.5. The number of benzene rings is 2. The Morgan fingerprint density at radius 3 is 2.27 bits per heavy atom. The van der Waals surface area contributed by atoms with E-state index in [0.717, 1.165) is 12.8 Å². The number of nitrogens with one attached hydrogen (secondary N) is 2. The van der Waals surface area contributed by atoms with Crippen molar-refractivity contribution >= 4 is 21.6 Å². The van der Waals surface area contributed by atoms with E-state index in [2.05, 4.69) is 10.0 Å². The van der Waals surface area contributed by atoms with Crippen LogP contribution in [0.5, 0.6) is 11.5 Å². The molecule has 0 bridgehead atoms. The minimum Gasteiger partial charge on any atom is -0.497 e. The molecule has 2 aromatic rings. The molecule has 0 aliphatic heterocycles. The van der Waals surface area contributed by atoms with Crippen molar-refractivity contribution in [2.75, 3.05) is 19.5 Å². The van der Waals surface area contributed by atoms with Gasteiger partial charge in [-0.25, -0.2) is 13.1 Å². The fourth-order valence-electron chi connectivity index (χ4n) is 2.37. The van der Waals surface area contributed by atoms with E-state index < -0.39 is 15.9 Å². The number of hydrogen-bond donors (Lipinski definition) is 2. The predicted octanol–water partition coefficient (Wildman–Crippen LogP) is 2.40. The van der Waals surface area contributed by atoms with Crippen LogP contribution in [0.15, 0.2) is 47.4 Å². The van der Waals surface area contributed by atoms with Gasteiger partial charge in [-0.05, 0) is 43.2 Å². The molecule has 1 amide bonds. The van der Waals surface area contributed by atoms with Crippen LogP contribution in [0.1, 0.15) is 23.2 Å². The van der Waals surface area contributed by atoms with Gasteiger partial charge in [0.1, 0.15) is 11.5 Å². The Morgan fingerprint density at radius 1 is 1.04 bits per heavy atom. The number of rotatable bonds is 7. The van der Waals surface area contributed by atoms with Gasteiger partial charge in [-0.15, -0.1) is 0 Å². The summed E-state index contributed by atoms with van der Waals surface area (Å²) < 4.78 is 37.5. The van der Waals surface area contributed by atoms with E-state index in [4.69, 9.17) is 9.47 Å². The van der Waals surface area contributed by atoms with Crippen molar-refractivity contribution in [3.8, 4) is 11.5 Å². The highest BCUT2D eigenvalue weighted by Gasteiger charge is 2.28. The zero-order valence-corrected chi connectivity index (χ0v) is 15.3. The first-order valence-electron chi connectivity index (χ1n) is 8.08. The molecular formula is C18H20N2O5S. The number of amides is 1. The normalized spacial score (nSPS) is 13.9. The second kappa shape index (κ2) is 7.35. The smallest absolute Gasteiger partial charge is 0.255 e. The molecule has 1 aliphatic rings. The second-order valence-electron chi connectivity index (χ2n) is 5.98. The molecule has 0 radical (unpaired) electrons. The highest BCUT2D eigenvalue weighted by Crippen LogP contribution is 2.25. The summed E-state index contributed by atoms with van der Waals surface area (Å²) in [5.74, 6) is 0.575. The molecule has 26 heavy (non-hydrogen) atoms. The summed E-state index contributed by atoms with van der Waals surface area (Å²) in [7, 11) is -0.587. The van der Waals surface area contributed by atoms with Gasteiger partial charge < -0.3 is 14.8 Å². The van der Waals surface area contributed by atoms with Crippen LogP contribution < -0.4 is 19.5 Å². The van der Waals surface area contributed by atoms with Crippen LogP contribution in [0.4, 0.5) is 5.69 Å². The predicted molar refractivity (Wildman–Crippen MR) is 97.3 cm³/mol. The second-order valence-corrected chi connectivity index (χ2v) is 7.69. The van der Waals surface area contributed by atoms with Crippen molar-refractivity contribution in [1.29, 1.82) is 0 Å². The zero-order valence-electron chi connectivity index (χ0n) is 14.5.